The zero-order valence-corrected chi connectivity index (χ0v) is 13.1. The van der Waals surface area contributed by atoms with Gasteiger partial charge in [-0.3, -0.25) is 4.79 Å². The number of rotatable bonds is 5. The van der Waals surface area contributed by atoms with Gasteiger partial charge in [0.05, 0.1) is 12.5 Å². The maximum atomic E-state index is 11.8. The Kier molecular flexibility index (Phi) is 5.01. The van der Waals surface area contributed by atoms with Gasteiger partial charge in [-0.2, -0.15) is 5.10 Å². The van der Waals surface area contributed by atoms with Crippen molar-refractivity contribution in [1.29, 1.82) is 0 Å². The second-order valence-corrected chi connectivity index (χ2v) is 5.00. The van der Waals surface area contributed by atoms with Gasteiger partial charge >= 0.3 is 5.97 Å². The van der Waals surface area contributed by atoms with Crippen molar-refractivity contribution in [2.45, 2.75) is 0 Å². The molecule has 3 aromatic rings. The summed E-state index contributed by atoms with van der Waals surface area (Å²) in [6.45, 7) is 0. The molecule has 1 aromatic heterocycles. The summed E-state index contributed by atoms with van der Waals surface area (Å²) in [5, 5.41) is 3.90. The Morgan fingerprint density at radius 2 is 1.72 bits per heavy atom. The maximum absolute atomic E-state index is 11.8. The largest absolute Gasteiger partial charge is 0.457 e. The topological polar surface area (TPSA) is 80.9 Å². The number of furan rings is 1. The molecule has 124 valence electrons. The van der Waals surface area contributed by atoms with Crippen molar-refractivity contribution in [2.75, 3.05) is 0 Å². The summed E-state index contributed by atoms with van der Waals surface area (Å²) in [6.07, 6.45) is 2.90. The second-order valence-electron chi connectivity index (χ2n) is 5.00. The predicted molar refractivity (Wildman–Crippen MR) is 91.6 cm³/mol. The third-order valence-electron chi connectivity index (χ3n) is 3.23. The number of nitrogens with zero attached hydrogens (tertiary/aromatic N) is 1. The van der Waals surface area contributed by atoms with E-state index in [9.17, 15) is 9.59 Å². The summed E-state index contributed by atoms with van der Waals surface area (Å²) in [7, 11) is 0. The molecule has 0 fully saturated rings. The van der Waals surface area contributed by atoms with E-state index in [0.717, 1.165) is 5.56 Å². The number of amides is 1. The summed E-state index contributed by atoms with van der Waals surface area (Å²) in [4.78, 5) is 23.6. The first kappa shape index (κ1) is 16.2. The fraction of sp³-hybridized carbons (Fsp3) is 0. The zero-order valence-electron chi connectivity index (χ0n) is 13.1. The molecule has 3 rings (SSSR count). The van der Waals surface area contributed by atoms with Crippen molar-refractivity contribution in [3.05, 3.63) is 89.9 Å². The first-order valence-corrected chi connectivity index (χ1v) is 7.46. The van der Waals surface area contributed by atoms with Gasteiger partial charge in [-0.1, -0.05) is 18.2 Å². The van der Waals surface area contributed by atoms with Crippen LogP contribution in [0.15, 0.2) is 82.5 Å². The van der Waals surface area contributed by atoms with Gasteiger partial charge in [0.1, 0.15) is 5.75 Å². The molecule has 0 atom stereocenters. The lowest BCUT2D eigenvalue weighted by Crippen LogP contribution is -2.17. The van der Waals surface area contributed by atoms with Crippen LogP contribution in [0, 0.1) is 0 Å². The van der Waals surface area contributed by atoms with E-state index in [1.165, 1.54) is 18.5 Å². The zero-order chi connectivity index (χ0) is 17.5. The van der Waals surface area contributed by atoms with Gasteiger partial charge in [0.25, 0.3) is 5.91 Å². The standard InChI is InChI=1S/C19H14N2O4/c22-18(15-5-2-1-3-6-15)21-20-13-14-8-10-16(11-9-14)25-19(23)17-7-4-12-24-17/h1-13H,(H,21,22)/b20-13+. The fourth-order valence-electron chi connectivity index (χ4n) is 1.99. The molecule has 0 radical (unpaired) electrons. The quantitative estimate of drug-likeness (QED) is 0.336. The van der Waals surface area contributed by atoms with Gasteiger partial charge in [0.2, 0.25) is 5.76 Å². The van der Waals surface area contributed by atoms with Gasteiger partial charge < -0.3 is 9.15 Å². The molecule has 6 heteroatoms. The summed E-state index contributed by atoms with van der Waals surface area (Å²) in [6, 6.07) is 18.6. The molecule has 6 nitrogen and oxygen atoms in total. The first-order valence-electron chi connectivity index (χ1n) is 7.46. The van der Waals surface area contributed by atoms with Crippen LogP contribution >= 0.6 is 0 Å². The minimum atomic E-state index is -0.568. The van der Waals surface area contributed by atoms with Gasteiger partial charge in [-0.05, 0) is 54.1 Å². The number of esters is 1. The van der Waals surface area contributed by atoms with E-state index in [0.29, 0.717) is 11.3 Å². The van der Waals surface area contributed by atoms with Crippen LogP contribution in [0.25, 0.3) is 0 Å². The summed E-state index contributed by atoms with van der Waals surface area (Å²) < 4.78 is 10.1. The number of hydrogen-bond acceptors (Lipinski definition) is 5. The molecule has 2 aromatic carbocycles. The molecule has 0 unspecified atom stereocenters. The Balaban J connectivity index is 1.55. The van der Waals surface area contributed by atoms with Gasteiger partial charge in [-0.25, -0.2) is 10.2 Å². The van der Waals surface area contributed by atoms with E-state index in [-0.39, 0.29) is 11.7 Å². The lowest BCUT2D eigenvalue weighted by atomic mass is 10.2. The van der Waals surface area contributed by atoms with E-state index in [4.69, 9.17) is 9.15 Å². The highest BCUT2D eigenvalue weighted by Gasteiger charge is 2.10. The van der Waals surface area contributed by atoms with Crippen LogP contribution < -0.4 is 10.2 Å². The van der Waals surface area contributed by atoms with Crippen molar-refractivity contribution in [1.82, 2.24) is 5.43 Å². The lowest BCUT2D eigenvalue weighted by molar-refractivity contribution is 0.0701. The average Bonchev–Trinajstić information content (AvgIpc) is 3.19. The first-order chi connectivity index (χ1) is 12.2. The molecule has 0 aliphatic heterocycles. The monoisotopic (exact) mass is 334 g/mol. The third-order valence-corrected chi connectivity index (χ3v) is 3.23. The molecular formula is C19H14N2O4. The van der Waals surface area contributed by atoms with Gasteiger partial charge in [-0.15, -0.1) is 0 Å². The number of hydrazone groups is 1. The van der Waals surface area contributed by atoms with E-state index in [1.54, 1.807) is 54.6 Å². The van der Waals surface area contributed by atoms with Crippen molar-refractivity contribution in [3.63, 3.8) is 0 Å². The minimum Gasteiger partial charge on any atom is -0.457 e. The molecule has 0 bridgehead atoms. The van der Waals surface area contributed by atoms with E-state index >= 15 is 0 Å². The van der Waals surface area contributed by atoms with Crippen LogP contribution in [-0.4, -0.2) is 18.1 Å². The SMILES string of the molecule is O=C(N/N=C/c1ccc(OC(=O)c2ccco2)cc1)c1ccccc1. The Morgan fingerprint density at radius 1 is 0.960 bits per heavy atom. The summed E-state index contributed by atoms with van der Waals surface area (Å²) in [5.74, 6) is -0.344. The van der Waals surface area contributed by atoms with Crippen LogP contribution in [0.2, 0.25) is 0 Å². The lowest BCUT2D eigenvalue weighted by Gasteiger charge is -2.02. The normalized spacial score (nSPS) is 10.6. The molecule has 1 amide bonds. The molecule has 25 heavy (non-hydrogen) atoms. The second kappa shape index (κ2) is 7.74. The highest BCUT2D eigenvalue weighted by Crippen LogP contribution is 2.13. The Labute approximate surface area is 143 Å². The van der Waals surface area contributed by atoms with E-state index in [2.05, 4.69) is 10.5 Å². The molecule has 0 aliphatic carbocycles. The summed E-state index contributed by atoms with van der Waals surface area (Å²) in [5.41, 5.74) is 3.71. The smallest absolute Gasteiger partial charge is 0.379 e. The maximum Gasteiger partial charge on any atom is 0.379 e. The molecule has 1 heterocycles. The highest BCUT2D eigenvalue weighted by atomic mass is 16.5. The Bertz CT molecular complexity index is 870. The Morgan fingerprint density at radius 3 is 2.40 bits per heavy atom. The summed E-state index contributed by atoms with van der Waals surface area (Å²) >= 11 is 0. The minimum absolute atomic E-state index is 0.134. The number of hydrogen-bond donors (Lipinski definition) is 1. The molecule has 0 aliphatic rings. The Hall–Kier alpha value is -3.67. The van der Waals surface area contributed by atoms with Crippen LogP contribution in [0.1, 0.15) is 26.5 Å². The fourth-order valence-corrected chi connectivity index (χ4v) is 1.99. The molecule has 1 N–H and O–H groups in total. The molecule has 0 saturated heterocycles. The number of carbonyl (C=O) groups excluding carboxylic acids is 2. The van der Waals surface area contributed by atoms with Crippen molar-refractivity contribution < 1.29 is 18.7 Å². The van der Waals surface area contributed by atoms with E-state index in [1.807, 2.05) is 6.07 Å². The van der Waals surface area contributed by atoms with Crippen molar-refractivity contribution >= 4 is 18.1 Å². The van der Waals surface area contributed by atoms with E-state index < -0.39 is 5.97 Å². The third kappa shape index (κ3) is 4.42. The molecule has 0 spiro atoms. The van der Waals surface area contributed by atoms with Gasteiger partial charge in [0.15, 0.2) is 0 Å². The van der Waals surface area contributed by atoms with Crippen molar-refractivity contribution in [2.24, 2.45) is 5.10 Å². The highest BCUT2D eigenvalue weighted by molar-refractivity contribution is 5.94. The number of carbonyl (C=O) groups is 2. The molecule has 0 saturated carbocycles. The van der Waals surface area contributed by atoms with Crippen molar-refractivity contribution in [3.8, 4) is 5.75 Å². The molecular weight excluding hydrogens is 320 g/mol. The predicted octanol–water partition coefficient (Wildman–Crippen LogP) is 3.26. The van der Waals surface area contributed by atoms with Crippen LogP contribution in [0.5, 0.6) is 5.75 Å². The average molecular weight is 334 g/mol. The van der Waals surface area contributed by atoms with Crippen LogP contribution in [0.3, 0.4) is 0 Å². The number of benzene rings is 2. The van der Waals surface area contributed by atoms with Gasteiger partial charge in [0, 0.05) is 5.56 Å². The number of ether oxygens (including phenoxy) is 1. The van der Waals surface area contributed by atoms with Crippen LogP contribution in [0.4, 0.5) is 0 Å². The number of nitrogens with one attached hydrogen (secondary N) is 1. The van der Waals surface area contributed by atoms with Crippen LogP contribution in [-0.2, 0) is 0 Å².